The topological polar surface area (TPSA) is 112 Å². The number of azo groups is 1. The van der Waals surface area contributed by atoms with Crippen LogP contribution in [0.25, 0.3) is 12.2 Å². The number of aliphatic hydroxyl groups excluding tert-OH is 2. The average Bonchev–Trinajstić information content (AvgIpc) is 2.82. The molecule has 0 amide bonds. The average molecular weight is 432 g/mol. The van der Waals surface area contributed by atoms with Crippen molar-refractivity contribution in [2.45, 2.75) is 0 Å². The first kappa shape index (κ1) is 22.8. The van der Waals surface area contributed by atoms with E-state index in [4.69, 9.17) is 10.2 Å². The van der Waals surface area contributed by atoms with E-state index in [1.807, 2.05) is 65.6 Å². The molecule has 0 radical (unpaired) electrons. The molecule has 0 bridgehead atoms. The van der Waals surface area contributed by atoms with Crippen molar-refractivity contribution >= 4 is 34.9 Å². The number of anilines is 1. The van der Waals surface area contributed by atoms with Crippen LogP contribution < -0.4 is 4.90 Å². The Balaban J connectivity index is 1.60. The SMILES string of the molecule is O=[N+]([O-])c1ccc(/C=C/c2ccc(N=Nc3ccc(N(CCO)CCO)cc3)cc2)cc1. The zero-order valence-electron chi connectivity index (χ0n) is 17.4. The summed E-state index contributed by atoms with van der Waals surface area (Å²) in [5, 5.41) is 37.5. The van der Waals surface area contributed by atoms with Crippen molar-refractivity contribution in [2.75, 3.05) is 31.2 Å². The van der Waals surface area contributed by atoms with Gasteiger partial charge in [-0.25, -0.2) is 0 Å². The van der Waals surface area contributed by atoms with Crippen LogP contribution in [0.3, 0.4) is 0 Å². The van der Waals surface area contributed by atoms with Crippen molar-refractivity contribution in [3.8, 4) is 0 Å². The highest BCUT2D eigenvalue weighted by Gasteiger charge is 2.05. The minimum absolute atomic E-state index is 0.0144. The van der Waals surface area contributed by atoms with Crippen LogP contribution in [0.4, 0.5) is 22.7 Å². The van der Waals surface area contributed by atoms with Gasteiger partial charge in [0.15, 0.2) is 0 Å². The molecule has 0 spiro atoms. The lowest BCUT2D eigenvalue weighted by atomic mass is 10.1. The van der Waals surface area contributed by atoms with Crippen molar-refractivity contribution in [3.63, 3.8) is 0 Å². The molecule has 0 heterocycles. The Labute approximate surface area is 185 Å². The third-order valence-corrected chi connectivity index (χ3v) is 4.70. The summed E-state index contributed by atoms with van der Waals surface area (Å²) < 4.78 is 0. The zero-order valence-corrected chi connectivity index (χ0v) is 17.4. The molecule has 0 saturated carbocycles. The molecule has 8 nitrogen and oxygen atoms in total. The summed E-state index contributed by atoms with van der Waals surface area (Å²) in [6.07, 6.45) is 3.81. The van der Waals surface area contributed by atoms with Gasteiger partial charge in [-0.2, -0.15) is 10.2 Å². The highest BCUT2D eigenvalue weighted by Crippen LogP contribution is 2.23. The van der Waals surface area contributed by atoms with Gasteiger partial charge in [0, 0.05) is 30.9 Å². The van der Waals surface area contributed by atoms with E-state index < -0.39 is 4.92 Å². The molecule has 0 aliphatic carbocycles. The number of hydrogen-bond acceptors (Lipinski definition) is 7. The minimum Gasteiger partial charge on any atom is -0.395 e. The fourth-order valence-corrected chi connectivity index (χ4v) is 3.01. The van der Waals surface area contributed by atoms with E-state index in [1.165, 1.54) is 12.1 Å². The number of nitrogens with zero attached hydrogens (tertiary/aromatic N) is 4. The number of nitro groups is 1. The van der Waals surface area contributed by atoms with E-state index in [9.17, 15) is 10.1 Å². The molecule has 0 unspecified atom stereocenters. The largest absolute Gasteiger partial charge is 0.395 e. The molecule has 0 fully saturated rings. The lowest BCUT2D eigenvalue weighted by Crippen LogP contribution is -2.29. The molecule has 164 valence electrons. The van der Waals surface area contributed by atoms with Gasteiger partial charge < -0.3 is 15.1 Å². The van der Waals surface area contributed by atoms with Crippen molar-refractivity contribution in [1.82, 2.24) is 0 Å². The molecule has 3 rings (SSSR count). The molecule has 3 aromatic rings. The van der Waals surface area contributed by atoms with Crippen molar-refractivity contribution < 1.29 is 15.1 Å². The fourth-order valence-electron chi connectivity index (χ4n) is 3.01. The van der Waals surface area contributed by atoms with Crippen molar-refractivity contribution in [1.29, 1.82) is 0 Å². The Morgan fingerprint density at radius 1 is 0.750 bits per heavy atom. The molecule has 8 heteroatoms. The smallest absolute Gasteiger partial charge is 0.269 e. The van der Waals surface area contributed by atoms with Crippen molar-refractivity contribution in [3.05, 3.63) is 94.0 Å². The highest BCUT2D eigenvalue weighted by atomic mass is 16.6. The Kier molecular flexibility index (Phi) is 8.19. The second-order valence-electron chi connectivity index (χ2n) is 6.92. The molecular weight excluding hydrogens is 408 g/mol. The zero-order chi connectivity index (χ0) is 22.8. The normalized spacial score (nSPS) is 11.3. The van der Waals surface area contributed by atoms with E-state index in [2.05, 4.69) is 10.2 Å². The van der Waals surface area contributed by atoms with E-state index in [0.717, 1.165) is 16.8 Å². The van der Waals surface area contributed by atoms with Gasteiger partial charge in [-0.05, 0) is 59.7 Å². The van der Waals surface area contributed by atoms with Gasteiger partial charge in [0.05, 0.1) is 29.5 Å². The molecular formula is C24H24N4O4. The van der Waals surface area contributed by atoms with Crippen LogP contribution in [0.2, 0.25) is 0 Å². The van der Waals surface area contributed by atoms with Gasteiger partial charge in [0.1, 0.15) is 0 Å². The summed E-state index contributed by atoms with van der Waals surface area (Å²) in [5.74, 6) is 0. The number of nitro benzene ring substituents is 1. The van der Waals surface area contributed by atoms with E-state index in [0.29, 0.717) is 24.5 Å². The standard InChI is InChI=1S/C24H24N4O4/c29-17-15-27(16-18-30)23-13-9-22(10-14-23)26-25-21-7-3-19(4-8-21)1-2-20-5-11-24(12-6-20)28(31)32/h1-14,29-30H,15-18H2/b2-1+,26-25?. The van der Waals surface area contributed by atoms with Gasteiger partial charge in [-0.1, -0.05) is 24.3 Å². The maximum atomic E-state index is 10.7. The molecule has 0 atom stereocenters. The summed E-state index contributed by atoms with van der Waals surface area (Å²) >= 11 is 0. The molecule has 0 aliphatic heterocycles. The van der Waals surface area contributed by atoms with Gasteiger partial charge >= 0.3 is 0 Å². The predicted molar refractivity (Wildman–Crippen MR) is 125 cm³/mol. The van der Waals surface area contributed by atoms with Crippen LogP contribution in [-0.2, 0) is 0 Å². The third kappa shape index (κ3) is 6.56. The number of non-ortho nitro benzene ring substituents is 1. The summed E-state index contributed by atoms with van der Waals surface area (Å²) in [5.41, 5.74) is 4.22. The van der Waals surface area contributed by atoms with Crippen LogP contribution in [0.5, 0.6) is 0 Å². The Bertz CT molecular complexity index is 1060. The van der Waals surface area contributed by atoms with Gasteiger partial charge in [-0.15, -0.1) is 0 Å². The van der Waals surface area contributed by atoms with Crippen LogP contribution in [0.15, 0.2) is 83.0 Å². The Morgan fingerprint density at radius 3 is 1.62 bits per heavy atom. The number of aliphatic hydroxyl groups is 2. The first-order valence-corrected chi connectivity index (χ1v) is 10.1. The number of rotatable bonds is 10. The van der Waals surface area contributed by atoms with Crippen LogP contribution in [0.1, 0.15) is 11.1 Å². The second-order valence-corrected chi connectivity index (χ2v) is 6.92. The third-order valence-electron chi connectivity index (χ3n) is 4.70. The molecule has 0 aromatic heterocycles. The van der Waals surface area contributed by atoms with Crippen LogP contribution in [0, 0.1) is 10.1 Å². The Morgan fingerprint density at radius 2 is 1.19 bits per heavy atom. The molecule has 32 heavy (non-hydrogen) atoms. The molecule has 3 aromatic carbocycles. The van der Waals surface area contributed by atoms with E-state index >= 15 is 0 Å². The number of benzene rings is 3. The van der Waals surface area contributed by atoms with Gasteiger partial charge in [0.2, 0.25) is 0 Å². The highest BCUT2D eigenvalue weighted by molar-refractivity contribution is 5.70. The lowest BCUT2D eigenvalue weighted by Gasteiger charge is -2.22. The lowest BCUT2D eigenvalue weighted by molar-refractivity contribution is -0.384. The van der Waals surface area contributed by atoms with E-state index in [1.54, 1.807) is 12.1 Å². The van der Waals surface area contributed by atoms with Gasteiger partial charge in [0.25, 0.3) is 5.69 Å². The second kappa shape index (κ2) is 11.5. The molecule has 0 saturated heterocycles. The number of hydrogen-bond donors (Lipinski definition) is 2. The van der Waals surface area contributed by atoms with E-state index in [-0.39, 0.29) is 18.9 Å². The first-order chi connectivity index (χ1) is 15.6. The Hall–Kier alpha value is -3.88. The minimum atomic E-state index is -0.418. The molecule has 0 aliphatic rings. The predicted octanol–water partition coefficient (Wildman–Crippen LogP) is 4.97. The van der Waals surface area contributed by atoms with Gasteiger partial charge in [-0.3, -0.25) is 10.1 Å². The maximum Gasteiger partial charge on any atom is 0.269 e. The van der Waals surface area contributed by atoms with Crippen molar-refractivity contribution in [2.24, 2.45) is 10.2 Å². The maximum absolute atomic E-state index is 10.7. The quantitative estimate of drug-likeness (QED) is 0.203. The fraction of sp³-hybridized carbons (Fsp3) is 0.167. The summed E-state index contributed by atoms with van der Waals surface area (Å²) in [7, 11) is 0. The summed E-state index contributed by atoms with van der Waals surface area (Å²) in [6.45, 7) is 0.930. The van der Waals surface area contributed by atoms with Crippen LogP contribution in [-0.4, -0.2) is 41.4 Å². The summed E-state index contributed by atoms with van der Waals surface area (Å²) in [4.78, 5) is 12.2. The van der Waals surface area contributed by atoms with Crippen LogP contribution >= 0.6 is 0 Å². The molecule has 2 N–H and O–H groups in total. The summed E-state index contributed by atoms with van der Waals surface area (Å²) in [6, 6.07) is 21.3. The monoisotopic (exact) mass is 432 g/mol. The first-order valence-electron chi connectivity index (χ1n) is 10.1.